The fourth-order valence-corrected chi connectivity index (χ4v) is 1.24. The van der Waals surface area contributed by atoms with Gasteiger partial charge in [0.15, 0.2) is 6.10 Å². The van der Waals surface area contributed by atoms with Crippen molar-refractivity contribution in [2.24, 2.45) is 0 Å². The van der Waals surface area contributed by atoms with Crippen LogP contribution < -0.4 is 0 Å². The van der Waals surface area contributed by atoms with Gasteiger partial charge in [0, 0.05) is 0 Å². The molecule has 0 fully saturated rings. The van der Waals surface area contributed by atoms with Gasteiger partial charge < -0.3 is 14.9 Å². The standard InChI is InChI=1S/C12H16O4/c1-9(11(13)14)16-8-12(2,15)10-6-4-3-5-7-10/h3-7,9,15H,8H2,1-2H3,(H,13,14). The van der Waals surface area contributed by atoms with Crippen molar-refractivity contribution < 1.29 is 19.7 Å². The molecule has 0 heterocycles. The number of aliphatic hydroxyl groups is 1. The molecule has 1 rings (SSSR count). The molecule has 0 aromatic heterocycles. The topological polar surface area (TPSA) is 66.8 Å². The molecular formula is C12H16O4. The van der Waals surface area contributed by atoms with Crippen LogP contribution in [0.3, 0.4) is 0 Å². The highest BCUT2D eigenvalue weighted by atomic mass is 16.5. The van der Waals surface area contributed by atoms with Crippen LogP contribution in [0, 0.1) is 0 Å². The van der Waals surface area contributed by atoms with Crippen LogP contribution in [0.4, 0.5) is 0 Å². The van der Waals surface area contributed by atoms with Crippen molar-refractivity contribution in [1.82, 2.24) is 0 Å². The number of carboxylic acid groups (broad SMARTS) is 1. The van der Waals surface area contributed by atoms with Gasteiger partial charge in [-0.3, -0.25) is 0 Å². The Bertz CT molecular complexity index is 345. The van der Waals surface area contributed by atoms with E-state index in [4.69, 9.17) is 9.84 Å². The minimum atomic E-state index is -1.18. The number of carbonyl (C=O) groups is 1. The van der Waals surface area contributed by atoms with Crippen LogP contribution in [0.15, 0.2) is 30.3 Å². The molecule has 0 aliphatic carbocycles. The first kappa shape index (κ1) is 12.7. The van der Waals surface area contributed by atoms with Gasteiger partial charge in [0.25, 0.3) is 0 Å². The average Bonchev–Trinajstić information content (AvgIpc) is 2.27. The maximum absolute atomic E-state index is 10.5. The Morgan fingerprint density at radius 2 is 2.00 bits per heavy atom. The Morgan fingerprint density at radius 3 is 2.50 bits per heavy atom. The fraction of sp³-hybridized carbons (Fsp3) is 0.417. The summed E-state index contributed by atoms with van der Waals surface area (Å²) in [7, 11) is 0. The fourth-order valence-electron chi connectivity index (χ4n) is 1.24. The third-order valence-corrected chi connectivity index (χ3v) is 2.36. The van der Waals surface area contributed by atoms with E-state index in [0.717, 1.165) is 0 Å². The molecule has 2 N–H and O–H groups in total. The van der Waals surface area contributed by atoms with Crippen LogP contribution in [0.5, 0.6) is 0 Å². The quantitative estimate of drug-likeness (QED) is 0.793. The second-order valence-corrected chi connectivity index (χ2v) is 3.93. The first-order valence-electron chi connectivity index (χ1n) is 5.06. The molecule has 2 unspecified atom stereocenters. The summed E-state index contributed by atoms with van der Waals surface area (Å²) in [6.07, 6.45) is -0.921. The SMILES string of the molecule is CC(OCC(C)(O)c1ccccc1)C(=O)O. The van der Waals surface area contributed by atoms with Crippen molar-refractivity contribution in [3.8, 4) is 0 Å². The van der Waals surface area contributed by atoms with Crippen LogP contribution in [0.25, 0.3) is 0 Å². The maximum atomic E-state index is 10.5. The van der Waals surface area contributed by atoms with E-state index in [1.807, 2.05) is 18.2 Å². The molecule has 1 aromatic carbocycles. The van der Waals surface area contributed by atoms with E-state index in [-0.39, 0.29) is 6.61 Å². The molecule has 0 spiro atoms. The summed E-state index contributed by atoms with van der Waals surface area (Å²) >= 11 is 0. The molecule has 4 nitrogen and oxygen atoms in total. The Balaban J connectivity index is 2.62. The summed E-state index contributed by atoms with van der Waals surface area (Å²) in [6.45, 7) is 2.98. The largest absolute Gasteiger partial charge is 0.479 e. The molecule has 4 heteroatoms. The molecule has 0 aliphatic rings. The highest BCUT2D eigenvalue weighted by Gasteiger charge is 2.25. The lowest BCUT2D eigenvalue weighted by Crippen LogP contribution is -2.32. The molecular weight excluding hydrogens is 208 g/mol. The zero-order valence-corrected chi connectivity index (χ0v) is 9.38. The second kappa shape index (κ2) is 5.09. The molecule has 2 atom stereocenters. The lowest BCUT2D eigenvalue weighted by molar-refractivity contribution is -0.153. The van der Waals surface area contributed by atoms with Gasteiger partial charge in [-0.05, 0) is 19.4 Å². The summed E-state index contributed by atoms with van der Waals surface area (Å²) in [5, 5.41) is 18.7. The summed E-state index contributed by atoms with van der Waals surface area (Å²) < 4.78 is 5.07. The highest BCUT2D eigenvalue weighted by Crippen LogP contribution is 2.20. The molecule has 0 aliphatic heterocycles. The van der Waals surface area contributed by atoms with Crippen molar-refractivity contribution in [2.75, 3.05) is 6.61 Å². The van der Waals surface area contributed by atoms with E-state index in [1.54, 1.807) is 19.1 Å². The number of hydrogen-bond donors (Lipinski definition) is 2. The molecule has 0 amide bonds. The van der Waals surface area contributed by atoms with Crippen LogP contribution in [-0.4, -0.2) is 28.9 Å². The van der Waals surface area contributed by atoms with Crippen molar-refractivity contribution in [3.05, 3.63) is 35.9 Å². The number of hydrogen-bond acceptors (Lipinski definition) is 3. The van der Waals surface area contributed by atoms with E-state index in [0.29, 0.717) is 5.56 Å². The predicted molar refractivity (Wildman–Crippen MR) is 59.1 cm³/mol. The van der Waals surface area contributed by atoms with Crippen molar-refractivity contribution >= 4 is 5.97 Å². The molecule has 0 saturated carbocycles. The van der Waals surface area contributed by atoms with E-state index in [2.05, 4.69) is 0 Å². The first-order valence-corrected chi connectivity index (χ1v) is 5.06. The van der Waals surface area contributed by atoms with Crippen LogP contribution in [-0.2, 0) is 15.1 Å². The minimum Gasteiger partial charge on any atom is -0.479 e. The Morgan fingerprint density at radius 1 is 1.44 bits per heavy atom. The Labute approximate surface area is 94.5 Å². The summed E-state index contributed by atoms with van der Waals surface area (Å²) in [6, 6.07) is 9.01. The van der Waals surface area contributed by atoms with Gasteiger partial charge in [-0.2, -0.15) is 0 Å². The normalized spacial score (nSPS) is 16.4. The van der Waals surface area contributed by atoms with Crippen molar-refractivity contribution in [3.63, 3.8) is 0 Å². The van der Waals surface area contributed by atoms with Crippen molar-refractivity contribution in [2.45, 2.75) is 25.6 Å². The van der Waals surface area contributed by atoms with Gasteiger partial charge in [0.1, 0.15) is 5.60 Å². The third-order valence-electron chi connectivity index (χ3n) is 2.36. The smallest absolute Gasteiger partial charge is 0.332 e. The van der Waals surface area contributed by atoms with Gasteiger partial charge >= 0.3 is 5.97 Å². The first-order chi connectivity index (χ1) is 7.43. The van der Waals surface area contributed by atoms with E-state index >= 15 is 0 Å². The molecule has 88 valence electrons. The highest BCUT2D eigenvalue weighted by molar-refractivity contribution is 5.71. The van der Waals surface area contributed by atoms with E-state index in [9.17, 15) is 9.90 Å². The minimum absolute atomic E-state index is 0.0511. The maximum Gasteiger partial charge on any atom is 0.332 e. The van der Waals surface area contributed by atoms with Crippen LogP contribution in [0.1, 0.15) is 19.4 Å². The van der Waals surface area contributed by atoms with Crippen LogP contribution >= 0.6 is 0 Å². The molecule has 0 saturated heterocycles. The molecule has 16 heavy (non-hydrogen) atoms. The summed E-state index contributed by atoms with van der Waals surface area (Å²) in [5.74, 6) is -1.04. The Hall–Kier alpha value is -1.39. The summed E-state index contributed by atoms with van der Waals surface area (Å²) in [4.78, 5) is 10.5. The van der Waals surface area contributed by atoms with Gasteiger partial charge in [-0.25, -0.2) is 4.79 Å². The van der Waals surface area contributed by atoms with E-state index in [1.165, 1.54) is 6.92 Å². The zero-order valence-electron chi connectivity index (χ0n) is 9.38. The number of rotatable bonds is 5. The number of carboxylic acids is 1. The molecule has 1 aromatic rings. The Kier molecular flexibility index (Phi) is 4.04. The van der Waals surface area contributed by atoms with Gasteiger partial charge in [-0.1, -0.05) is 30.3 Å². The number of ether oxygens (including phenoxy) is 1. The van der Waals surface area contributed by atoms with E-state index < -0.39 is 17.7 Å². The number of aliphatic carboxylic acids is 1. The van der Waals surface area contributed by atoms with Gasteiger partial charge in [0.05, 0.1) is 6.61 Å². The second-order valence-electron chi connectivity index (χ2n) is 3.93. The van der Waals surface area contributed by atoms with Crippen molar-refractivity contribution in [1.29, 1.82) is 0 Å². The number of benzene rings is 1. The predicted octanol–water partition coefficient (Wildman–Crippen LogP) is 1.38. The van der Waals surface area contributed by atoms with Crippen LogP contribution in [0.2, 0.25) is 0 Å². The average molecular weight is 224 g/mol. The third kappa shape index (κ3) is 3.32. The molecule has 0 radical (unpaired) electrons. The lowest BCUT2D eigenvalue weighted by Gasteiger charge is -2.24. The summed E-state index contributed by atoms with van der Waals surface area (Å²) in [5.41, 5.74) is -0.474. The zero-order chi connectivity index (χ0) is 12.2. The van der Waals surface area contributed by atoms with Gasteiger partial charge in [0.2, 0.25) is 0 Å². The lowest BCUT2D eigenvalue weighted by atomic mass is 9.97. The van der Waals surface area contributed by atoms with Gasteiger partial charge in [-0.15, -0.1) is 0 Å². The monoisotopic (exact) mass is 224 g/mol. The molecule has 0 bridgehead atoms.